The first kappa shape index (κ1) is 23.7. The van der Waals surface area contributed by atoms with E-state index in [0.29, 0.717) is 0 Å². The first-order valence-corrected chi connectivity index (χ1v) is 14.1. The highest BCUT2D eigenvalue weighted by molar-refractivity contribution is 7.19. The summed E-state index contributed by atoms with van der Waals surface area (Å²) in [7, 11) is -1.33. The Morgan fingerprint density at radius 3 is 1.79 bits per heavy atom. The van der Waals surface area contributed by atoms with Crippen molar-refractivity contribution in [2.75, 3.05) is 0 Å². The molecule has 0 saturated heterocycles. The maximum atomic E-state index is 11.0. The molecule has 2 nitrogen and oxygen atoms in total. The molecule has 0 fully saturated rings. The number of unbranched alkanes of at least 4 members (excludes halogenated alkanes) is 10. The molecular weight excluding hydrogens is 336 g/mol. The van der Waals surface area contributed by atoms with Crippen molar-refractivity contribution in [2.24, 2.45) is 0 Å². The van der Waals surface area contributed by atoms with Crippen molar-refractivity contribution in [1.82, 2.24) is 0 Å². The third-order valence-corrected chi connectivity index (χ3v) is 6.48. The predicted molar refractivity (Wildman–Crippen MR) is 109 cm³/mol. The first-order valence-electron chi connectivity index (χ1n) is 9.87. The molecule has 0 spiro atoms. The zero-order valence-electron chi connectivity index (χ0n) is 16.2. The van der Waals surface area contributed by atoms with Crippen LogP contribution in [0.2, 0.25) is 19.1 Å². The Morgan fingerprint density at radius 2 is 1.38 bits per heavy atom. The lowest BCUT2D eigenvalue weighted by Crippen LogP contribution is -2.14. The Morgan fingerprint density at radius 1 is 0.958 bits per heavy atom. The van der Waals surface area contributed by atoms with Crippen molar-refractivity contribution in [1.29, 1.82) is 0 Å². The SMILES string of the molecule is C=CC(=O)OC(C)CCCCCCCCCCCCC[Si](C)(C)Cl. The number of ether oxygens (including phenoxy) is 1. The van der Waals surface area contributed by atoms with Crippen LogP contribution in [0.4, 0.5) is 0 Å². The van der Waals surface area contributed by atoms with E-state index in [2.05, 4.69) is 19.7 Å². The van der Waals surface area contributed by atoms with Crippen LogP contribution in [0.25, 0.3) is 0 Å². The summed E-state index contributed by atoms with van der Waals surface area (Å²) in [4.78, 5) is 11.0. The predicted octanol–water partition coefficient (Wildman–Crippen LogP) is 7.23. The molecule has 0 aliphatic carbocycles. The summed E-state index contributed by atoms with van der Waals surface area (Å²) in [5, 5.41) is 0. The van der Waals surface area contributed by atoms with Gasteiger partial charge in [0.2, 0.25) is 0 Å². The highest BCUT2D eigenvalue weighted by atomic mass is 35.6. The fourth-order valence-electron chi connectivity index (χ4n) is 2.87. The van der Waals surface area contributed by atoms with Gasteiger partial charge in [-0.1, -0.05) is 83.9 Å². The van der Waals surface area contributed by atoms with Gasteiger partial charge >= 0.3 is 5.97 Å². The van der Waals surface area contributed by atoms with Gasteiger partial charge in [0.15, 0.2) is 0 Å². The van der Waals surface area contributed by atoms with Crippen LogP contribution >= 0.6 is 11.1 Å². The van der Waals surface area contributed by atoms with Crippen molar-refractivity contribution in [3.8, 4) is 0 Å². The van der Waals surface area contributed by atoms with Crippen molar-refractivity contribution in [3.05, 3.63) is 12.7 Å². The van der Waals surface area contributed by atoms with E-state index < -0.39 is 7.38 Å². The fourth-order valence-corrected chi connectivity index (χ4v) is 4.37. The van der Waals surface area contributed by atoms with Crippen LogP contribution < -0.4 is 0 Å². The Bertz CT molecular complexity index is 326. The van der Waals surface area contributed by atoms with Crippen LogP contribution in [0.3, 0.4) is 0 Å². The minimum atomic E-state index is -1.33. The molecule has 0 aromatic heterocycles. The molecule has 4 heteroatoms. The summed E-state index contributed by atoms with van der Waals surface area (Å²) in [6.07, 6.45) is 16.8. The Labute approximate surface area is 156 Å². The third-order valence-electron chi connectivity index (χ3n) is 4.37. The molecule has 0 aliphatic rings. The number of rotatable bonds is 16. The molecule has 142 valence electrons. The number of hydrogen-bond donors (Lipinski definition) is 0. The molecule has 0 heterocycles. The van der Waals surface area contributed by atoms with Crippen LogP contribution in [-0.2, 0) is 9.53 Å². The van der Waals surface area contributed by atoms with Gasteiger partial charge in [0.1, 0.15) is 7.38 Å². The fraction of sp³-hybridized carbons (Fsp3) is 0.850. The second-order valence-corrected chi connectivity index (χ2v) is 14.6. The molecule has 1 atom stereocenters. The average Bonchev–Trinajstić information content (AvgIpc) is 2.50. The summed E-state index contributed by atoms with van der Waals surface area (Å²) >= 11 is 6.33. The number of hydrogen-bond acceptors (Lipinski definition) is 2. The molecule has 0 aromatic rings. The second-order valence-electron chi connectivity index (χ2n) is 7.60. The number of carbonyl (C=O) groups excluding carboxylic acids is 1. The normalized spacial score (nSPS) is 12.8. The van der Waals surface area contributed by atoms with Crippen LogP contribution in [0.15, 0.2) is 12.7 Å². The third kappa shape index (κ3) is 18.1. The summed E-state index contributed by atoms with van der Waals surface area (Å²) in [5.41, 5.74) is 0. The van der Waals surface area contributed by atoms with Gasteiger partial charge in [-0.05, 0) is 25.8 Å². The molecule has 0 rings (SSSR count). The van der Waals surface area contributed by atoms with Gasteiger partial charge in [-0.3, -0.25) is 0 Å². The van der Waals surface area contributed by atoms with E-state index in [1.54, 1.807) is 0 Å². The molecular formula is C20H39ClO2Si. The van der Waals surface area contributed by atoms with Crippen molar-refractivity contribution in [3.63, 3.8) is 0 Å². The van der Waals surface area contributed by atoms with E-state index in [9.17, 15) is 4.79 Å². The van der Waals surface area contributed by atoms with E-state index >= 15 is 0 Å². The molecule has 0 aliphatic heterocycles. The molecule has 0 N–H and O–H groups in total. The zero-order chi connectivity index (χ0) is 18.3. The van der Waals surface area contributed by atoms with Crippen LogP contribution in [0, 0.1) is 0 Å². The summed E-state index contributed by atoms with van der Waals surface area (Å²) in [5.74, 6) is -0.309. The van der Waals surface area contributed by atoms with E-state index in [-0.39, 0.29) is 12.1 Å². The topological polar surface area (TPSA) is 26.3 Å². The lowest BCUT2D eigenvalue weighted by molar-refractivity contribution is -0.142. The number of esters is 1. The van der Waals surface area contributed by atoms with Crippen molar-refractivity contribution < 1.29 is 9.53 Å². The van der Waals surface area contributed by atoms with Gasteiger partial charge in [0, 0.05) is 6.08 Å². The van der Waals surface area contributed by atoms with Gasteiger partial charge in [-0.25, -0.2) is 4.79 Å². The minimum absolute atomic E-state index is 0.0162. The molecule has 0 amide bonds. The quantitative estimate of drug-likeness (QED) is 0.0935. The maximum absolute atomic E-state index is 11.0. The maximum Gasteiger partial charge on any atom is 0.330 e. The van der Waals surface area contributed by atoms with Crippen LogP contribution in [0.5, 0.6) is 0 Å². The molecule has 0 aromatic carbocycles. The molecule has 24 heavy (non-hydrogen) atoms. The first-order chi connectivity index (χ1) is 11.3. The van der Waals surface area contributed by atoms with Gasteiger partial charge in [-0.15, -0.1) is 0 Å². The number of halogens is 1. The van der Waals surface area contributed by atoms with E-state index in [4.69, 9.17) is 15.8 Å². The summed E-state index contributed by atoms with van der Waals surface area (Å²) < 4.78 is 5.16. The number of carbonyl (C=O) groups is 1. The Hall–Kier alpha value is -0.283. The Balaban J connectivity index is 3.20. The highest BCUT2D eigenvalue weighted by Gasteiger charge is 2.15. The average molecular weight is 375 g/mol. The monoisotopic (exact) mass is 374 g/mol. The second kappa shape index (κ2) is 15.0. The lowest BCUT2D eigenvalue weighted by atomic mass is 10.0. The standard InChI is InChI=1S/C20H39ClO2Si/c1-5-20(22)23-19(2)17-15-13-11-9-7-6-8-10-12-14-16-18-24(3,4)21/h5,19H,1,6-18H2,2-4H3. The lowest BCUT2D eigenvalue weighted by Gasteiger charge is -2.11. The van der Waals surface area contributed by atoms with E-state index in [0.717, 1.165) is 12.8 Å². The van der Waals surface area contributed by atoms with Gasteiger partial charge in [0.05, 0.1) is 6.10 Å². The highest BCUT2D eigenvalue weighted by Crippen LogP contribution is 2.19. The summed E-state index contributed by atoms with van der Waals surface area (Å²) in [6.45, 7) is 9.85. The Kier molecular flexibility index (Phi) is 14.8. The molecule has 0 bridgehead atoms. The molecule has 0 radical (unpaired) electrons. The largest absolute Gasteiger partial charge is 0.460 e. The van der Waals surface area contributed by atoms with Crippen LogP contribution in [0.1, 0.15) is 84.0 Å². The van der Waals surface area contributed by atoms with Crippen LogP contribution in [-0.4, -0.2) is 19.5 Å². The van der Waals surface area contributed by atoms with E-state index in [1.807, 2.05) is 6.92 Å². The van der Waals surface area contributed by atoms with Gasteiger partial charge in [0.25, 0.3) is 0 Å². The molecule has 1 unspecified atom stereocenters. The zero-order valence-corrected chi connectivity index (χ0v) is 18.0. The van der Waals surface area contributed by atoms with Gasteiger partial charge < -0.3 is 4.74 Å². The van der Waals surface area contributed by atoms with Crippen molar-refractivity contribution >= 4 is 24.4 Å². The smallest absolute Gasteiger partial charge is 0.330 e. The van der Waals surface area contributed by atoms with Crippen molar-refractivity contribution in [2.45, 2.75) is 109 Å². The minimum Gasteiger partial charge on any atom is -0.460 e. The summed E-state index contributed by atoms with van der Waals surface area (Å²) in [6, 6.07) is 1.26. The molecule has 0 saturated carbocycles. The van der Waals surface area contributed by atoms with E-state index in [1.165, 1.54) is 76.3 Å². The van der Waals surface area contributed by atoms with Gasteiger partial charge in [-0.2, -0.15) is 11.1 Å².